The quantitative estimate of drug-likeness (QED) is 0.386. The predicted octanol–water partition coefficient (Wildman–Crippen LogP) is -0.226. The minimum absolute atomic E-state index is 0.0278. The Kier molecular flexibility index (Phi) is 8.01. The summed E-state index contributed by atoms with van der Waals surface area (Å²) in [5.74, 6) is -0.586. The Balaban J connectivity index is 3.92. The Bertz CT molecular complexity index is 405. The van der Waals surface area contributed by atoms with E-state index >= 15 is 0 Å². The zero-order chi connectivity index (χ0) is 14.1. The van der Waals surface area contributed by atoms with Gasteiger partial charge in [-0.05, 0) is 12.8 Å². The summed E-state index contributed by atoms with van der Waals surface area (Å²) in [6, 6.07) is 0. The maximum Gasteiger partial charge on any atom is 0.150 e. The van der Waals surface area contributed by atoms with Gasteiger partial charge in [0.1, 0.15) is 12.6 Å². The van der Waals surface area contributed by atoms with Crippen LogP contribution in [0.5, 0.6) is 0 Å². The van der Waals surface area contributed by atoms with Crippen molar-refractivity contribution < 1.29 is 26.4 Å². The number of sulfone groups is 2. The summed E-state index contributed by atoms with van der Waals surface area (Å²) in [5, 5.41) is 0. The molecule has 0 aliphatic rings. The molecule has 0 aromatic rings. The van der Waals surface area contributed by atoms with Crippen LogP contribution in [-0.2, 0) is 29.3 Å². The molecule has 0 saturated carbocycles. The second kappa shape index (κ2) is 8.36. The first-order valence-corrected chi connectivity index (χ1v) is 9.25. The second-order valence-electron chi connectivity index (χ2n) is 3.92. The summed E-state index contributed by atoms with van der Waals surface area (Å²) in [4.78, 5) is 20.1. The minimum atomic E-state index is -3.26. The van der Waals surface area contributed by atoms with E-state index in [2.05, 4.69) is 0 Å². The first-order valence-electron chi connectivity index (χ1n) is 5.61. The van der Waals surface area contributed by atoms with Crippen LogP contribution in [0.3, 0.4) is 0 Å². The maximum atomic E-state index is 11.3. The third kappa shape index (κ3) is 9.29. The molecule has 0 aliphatic heterocycles. The van der Waals surface area contributed by atoms with Gasteiger partial charge in [0.2, 0.25) is 0 Å². The molecule has 0 aromatic heterocycles. The Morgan fingerprint density at radius 2 is 0.944 bits per heavy atom. The van der Waals surface area contributed by atoms with E-state index in [1.165, 1.54) is 0 Å². The molecule has 0 aliphatic carbocycles. The highest BCUT2D eigenvalue weighted by molar-refractivity contribution is 7.91. The molecule has 0 aromatic carbocycles. The molecule has 0 spiro atoms. The van der Waals surface area contributed by atoms with Gasteiger partial charge >= 0.3 is 0 Å². The highest BCUT2D eigenvalue weighted by Gasteiger charge is 2.13. The number of aldehydes is 2. The third-order valence-electron chi connectivity index (χ3n) is 2.25. The molecule has 0 heterocycles. The van der Waals surface area contributed by atoms with E-state index in [0.717, 1.165) is 0 Å². The molecule has 0 unspecified atom stereocenters. The van der Waals surface area contributed by atoms with Gasteiger partial charge in [-0.3, -0.25) is 0 Å². The molecule has 0 radical (unpaired) electrons. The van der Waals surface area contributed by atoms with Crippen molar-refractivity contribution in [2.24, 2.45) is 0 Å². The van der Waals surface area contributed by atoms with Gasteiger partial charge < -0.3 is 9.59 Å². The van der Waals surface area contributed by atoms with Crippen molar-refractivity contribution in [3.63, 3.8) is 0 Å². The van der Waals surface area contributed by atoms with Crippen molar-refractivity contribution >= 4 is 32.2 Å². The monoisotopic (exact) mass is 298 g/mol. The highest BCUT2D eigenvalue weighted by atomic mass is 32.2. The van der Waals surface area contributed by atoms with Gasteiger partial charge in [-0.1, -0.05) is 0 Å². The van der Waals surface area contributed by atoms with E-state index in [-0.39, 0.29) is 48.7 Å². The maximum absolute atomic E-state index is 11.3. The largest absolute Gasteiger partial charge is 0.303 e. The van der Waals surface area contributed by atoms with Crippen molar-refractivity contribution in [3.05, 3.63) is 0 Å². The molecular formula is C10H18O6S2. The molecule has 0 amide bonds. The number of hydrogen-bond donors (Lipinski definition) is 0. The van der Waals surface area contributed by atoms with Crippen LogP contribution in [0, 0.1) is 0 Å². The van der Waals surface area contributed by atoms with Crippen LogP contribution in [0.25, 0.3) is 0 Å². The van der Waals surface area contributed by atoms with Gasteiger partial charge in [-0.15, -0.1) is 0 Å². The van der Waals surface area contributed by atoms with Gasteiger partial charge in [-0.25, -0.2) is 16.8 Å². The molecule has 18 heavy (non-hydrogen) atoms. The van der Waals surface area contributed by atoms with Gasteiger partial charge in [0.15, 0.2) is 19.7 Å². The van der Waals surface area contributed by atoms with Gasteiger partial charge in [-0.2, -0.15) is 0 Å². The average Bonchev–Trinajstić information content (AvgIpc) is 2.30. The van der Waals surface area contributed by atoms with E-state index in [0.29, 0.717) is 12.6 Å². The Morgan fingerprint density at radius 1 is 0.611 bits per heavy atom. The highest BCUT2D eigenvalue weighted by Crippen LogP contribution is 2.03. The second-order valence-corrected chi connectivity index (χ2v) is 8.53. The van der Waals surface area contributed by atoms with Crippen LogP contribution in [0.1, 0.15) is 25.7 Å². The van der Waals surface area contributed by atoms with Crippen LogP contribution in [0.2, 0.25) is 0 Å². The summed E-state index contributed by atoms with van der Waals surface area (Å²) >= 11 is 0. The Hall–Kier alpha value is -0.760. The lowest BCUT2D eigenvalue weighted by molar-refractivity contribution is -0.108. The summed E-state index contributed by atoms with van der Waals surface area (Å²) < 4.78 is 45.3. The molecule has 6 nitrogen and oxygen atoms in total. The molecule has 0 fully saturated rings. The van der Waals surface area contributed by atoms with Gasteiger partial charge in [0.05, 0.1) is 23.0 Å². The van der Waals surface area contributed by atoms with Gasteiger partial charge in [0, 0.05) is 12.8 Å². The summed E-state index contributed by atoms with van der Waals surface area (Å²) in [6.07, 6.45) is 1.53. The zero-order valence-corrected chi connectivity index (χ0v) is 11.7. The van der Waals surface area contributed by atoms with Crippen molar-refractivity contribution in [1.29, 1.82) is 0 Å². The number of unbranched alkanes of at least 4 members (excludes halogenated alkanes) is 1. The molecule has 0 saturated heterocycles. The predicted molar refractivity (Wildman–Crippen MR) is 67.9 cm³/mol. The van der Waals surface area contributed by atoms with Crippen LogP contribution in [0.15, 0.2) is 0 Å². The van der Waals surface area contributed by atoms with E-state index in [4.69, 9.17) is 0 Å². The number of carbonyl (C=O) groups excluding carboxylic acids is 2. The zero-order valence-electron chi connectivity index (χ0n) is 10.1. The van der Waals surface area contributed by atoms with Gasteiger partial charge in [0.25, 0.3) is 0 Å². The summed E-state index contributed by atoms with van der Waals surface area (Å²) in [7, 11) is -6.52. The topological polar surface area (TPSA) is 102 Å². The first-order chi connectivity index (χ1) is 8.33. The lowest BCUT2D eigenvalue weighted by atomic mass is 10.4. The molecule has 0 N–H and O–H groups in total. The molecular weight excluding hydrogens is 280 g/mol. The minimum Gasteiger partial charge on any atom is -0.303 e. The standard InChI is InChI=1S/C10H18O6S2/c11-5-3-9-17(13,14)7-1-2-8-18(15,16)10-4-6-12/h5-6H,1-4,7-10H2. The fourth-order valence-corrected chi connectivity index (χ4v) is 3.91. The fraction of sp³-hybridized carbons (Fsp3) is 0.800. The Labute approximate surface area is 108 Å². The lowest BCUT2D eigenvalue weighted by Gasteiger charge is -2.03. The van der Waals surface area contributed by atoms with Crippen molar-refractivity contribution in [2.45, 2.75) is 25.7 Å². The average molecular weight is 298 g/mol. The molecule has 8 heteroatoms. The molecule has 0 atom stereocenters. The molecule has 0 bridgehead atoms. The molecule has 106 valence electrons. The van der Waals surface area contributed by atoms with E-state index < -0.39 is 19.7 Å². The van der Waals surface area contributed by atoms with Crippen LogP contribution >= 0.6 is 0 Å². The summed E-state index contributed by atoms with van der Waals surface area (Å²) in [6.45, 7) is 0. The third-order valence-corrected chi connectivity index (χ3v) is 5.79. The molecule has 0 rings (SSSR count). The SMILES string of the molecule is O=CCCS(=O)(=O)CCCCS(=O)(=O)CCC=O. The number of hydrogen-bond acceptors (Lipinski definition) is 6. The van der Waals surface area contributed by atoms with Crippen LogP contribution < -0.4 is 0 Å². The van der Waals surface area contributed by atoms with E-state index in [9.17, 15) is 26.4 Å². The lowest BCUT2D eigenvalue weighted by Crippen LogP contribution is -2.15. The van der Waals surface area contributed by atoms with Crippen LogP contribution in [-0.4, -0.2) is 52.4 Å². The first kappa shape index (κ1) is 17.2. The normalized spacial score (nSPS) is 12.2. The number of carbonyl (C=O) groups is 2. The van der Waals surface area contributed by atoms with Crippen molar-refractivity contribution in [1.82, 2.24) is 0 Å². The number of rotatable bonds is 11. The van der Waals surface area contributed by atoms with E-state index in [1.54, 1.807) is 0 Å². The van der Waals surface area contributed by atoms with Crippen molar-refractivity contribution in [3.8, 4) is 0 Å². The summed E-state index contributed by atoms with van der Waals surface area (Å²) in [5.41, 5.74) is 0. The smallest absolute Gasteiger partial charge is 0.150 e. The van der Waals surface area contributed by atoms with E-state index in [1.807, 2.05) is 0 Å². The Morgan fingerprint density at radius 3 is 1.22 bits per heavy atom. The van der Waals surface area contributed by atoms with Crippen molar-refractivity contribution in [2.75, 3.05) is 23.0 Å². The fourth-order valence-electron chi connectivity index (χ4n) is 1.30. The van der Waals surface area contributed by atoms with Crippen LogP contribution in [0.4, 0.5) is 0 Å².